The number of thioether (sulfide) groups is 1. The van der Waals surface area contributed by atoms with E-state index in [1.807, 2.05) is 47.9 Å². The largest absolute Gasteiger partial charge is 0.345 e. The van der Waals surface area contributed by atoms with Crippen LogP contribution in [0.3, 0.4) is 0 Å². The number of benzene rings is 2. The topological polar surface area (TPSA) is 88.9 Å². The first-order valence-corrected chi connectivity index (χ1v) is 12.7. The number of amides is 2. The fraction of sp³-hybridized carbons (Fsp3) is 0.280. The van der Waals surface area contributed by atoms with E-state index in [9.17, 15) is 9.59 Å². The van der Waals surface area contributed by atoms with Crippen molar-refractivity contribution in [1.29, 1.82) is 0 Å². The Morgan fingerprint density at radius 1 is 1.21 bits per heavy atom. The van der Waals surface area contributed by atoms with Gasteiger partial charge in [0.2, 0.25) is 5.91 Å². The van der Waals surface area contributed by atoms with Gasteiger partial charge in [-0.25, -0.2) is 0 Å². The monoisotopic (exact) mass is 541 g/mol. The summed E-state index contributed by atoms with van der Waals surface area (Å²) in [5.74, 6) is 0.739. The van der Waals surface area contributed by atoms with E-state index >= 15 is 0 Å². The minimum Gasteiger partial charge on any atom is -0.345 e. The molecule has 0 bridgehead atoms. The van der Waals surface area contributed by atoms with Crippen LogP contribution in [0.15, 0.2) is 64.7 Å². The van der Waals surface area contributed by atoms with Crippen LogP contribution in [0.2, 0.25) is 0 Å². The van der Waals surface area contributed by atoms with Crippen LogP contribution in [0.1, 0.15) is 47.1 Å². The van der Waals surface area contributed by atoms with Crippen molar-refractivity contribution >= 4 is 45.2 Å². The number of carbonyl (C=O) groups is 2. The zero-order valence-electron chi connectivity index (χ0n) is 19.5. The summed E-state index contributed by atoms with van der Waals surface area (Å²) in [5, 5.41) is 14.9. The van der Waals surface area contributed by atoms with E-state index in [4.69, 9.17) is 0 Å². The van der Waals surface area contributed by atoms with Crippen molar-refractivity contribution < 1.29 is 9.59 Å². The molecule has 0 fully saturated rings. The number of nitrogens with one attached hydrogen (secondary N) is 2. The van der Waals surface area contributed by atoms with Crippen molar-refractivity contribution in [2.24, 2.45) is 0 Å². The van der Waals surface area contributed by atoms with Gasteiger partial charge >= 0.3 is 0 Å². The smallest absolute Gasteiger partial charge is 0.251 e. The van der Waals surface area contributed by atoms with Gasteiger partial charge in [-0.3, -0.25) is 9.59 Å². The van der Waals surface area contributed by atoms with E-state index in [1.54, 1.807) is 12.1 Å². The van der Waals surface area contributed by atoms with Crippen LogP contribution in [-0.4, -0.2) is 32.3 Å². The van der Waals surface area contributed by atoms with Gasteiger partial charge in [-0.15, -0.1) is 16.8 Å². The Morgan fingerprint density at radius 2 is 2.00 bits per heavy atom. The zero-order valence-corrected chi connectivity index (χ0v) is 21.9. The van der Waals surface area contributed by atoms with E-state index in [0.717, 1.165) is 21.3 Å². The summed E-state index contributed by atoms with van der Waals surface area (Å²) < 4.78 is 2.82. The standard InChI is InChI=1S/C25H28BrN5O2S/c1-5-11-31-22(14-27-24(33)18-8-6-7-17(4)12-18)29-30-25(31)34-15-23(32)28-21-10-9-19(26)13-20(21)16(2)3/h5-10,12-13,16H,1,11,14-15H2,2-4H3,(H,27,33)(H,28,32). The summed E-state index contributed by atoms with van der Waals surface area (Å²) in [4.78, 5) is 25.1. The first-order valence-electron chi connectivity index (χ1n) is 10.9. The van der Waals surface area contributed by atoms with E-state index in [-0.39, 0.29) is 30.0 Å². The third-order valence-corrected chi connectivity index (χ3v) is 6.49. The number of hydrogen-bond acceptors (Lipinski definition) is 5. The van der Waals surface area contributed by atoms with Gasteiger partial charge in [0, 0.05) is 22.3 Å². The van der Waals surface area contributed by atoms with Crippen LogP contribution >= 0.6 is 27.7 Å². The zero-order chi connectivity index (χ0) is 24.7. The Labute approximate surface area is 212 Å². The first-order chi connectivity index (χ1) is 16.3. The van der Waals surface area contributed by atoms with Gasteiger partial charge in [0.05, 0.1) is 12.3 Å². The van der Waals surface area contributed by atoms with Crippen molar-refractivity contribution in [3.63, 3.8) is 0 Å². The molecule has 0 aliphatic carbocycles. The van der Waals surface area contributed by atoms with Gasteiger partial charge in [0.15, 0.2) is 11.0 Å². The summed E-state index contributed by atoms with van der Waals surface area (Å²) in [7, 11) is 0. The van der Waals surface area contributed by atoms with Crippen molar-refractivity contribution in [1.82, 2.24) is 20.1 Å². The Morgan fingerprint density at radius 3 is 2.71 bits per heavy atom. The normalized spacial score (nSPS) is 10.9. The molecule has 178 valence electrons. The van der Waals surface area contributed by atoms with Gasteiger partial charge in [0.1, 0.15) is 0 Å². The molecule has 2 N–H and O–H groups in total. The van der Waals surface area contributed by atoms with Gasteiger partial charge in [-0.2, -0.15) is 0 Å². The number of halogens is 1. The maximum absolute atomic E-state index is 12.6. The molecule has 34 heavy (non-hydrogen) atoms. The van der Waals surface area contributed by atoms with Crippen LogP contribution in [0.5, 0.6) is 0 Å². The Balaban J connectivity index is 1.64. The highest BCUT2D eigenvalue weighted by Crippen LogP contribution is 2.28. The summed E-state index contributed by atoms with van der Waals surface area (Å²) >= 11 is 4.78. The minimum atomic E-state index is -0.180. The van der Waals surface area contributed by atoms with Crippen molar-refractivity contribution in [2.75, 3.05) is 11.1 Å². The van der Waals surface area contributed by atoms with Gasteiger partial charge in [-0.1, -0.05) is 65.3 Å². The van der Waals surface area contributed by atoms with Gasteiger partial charge in [0.25, 0.3) is 5.91 Å². The molecule has 1 aromatic heterocycles. The third-order valence-electron chi connectivity index (χ3n) is 5.03. The lowest BCUT2D eigenvalue weighted by Crippen LogP contribution is -2.25. The molecule has 0 spiro atoms. The van der Waals surface area contributed by atoms with Crippen molar-refractivity contribution in [2.45, 2.75) is 44.9 Å². The second-order valence-electron chi connectivity index (χ2n) is 8.07. The maximum Gasteiger partial charge on any atom is 0.251 e. The average Bonchev–Trinajstić information content (AvgIpc) is 3.18. The molecule has 0 saturated heterocycles. The van der Waals surface area contributed by atoms with Crippen molar-refractivity contribution in [3.05, 3.63) is 82.1 Å². The van der Waals surface area contributed by atoms with Gasteiger partial charge < -0.3 is 15.2 Å². The molecule has 0 aliphatic heterocycles. The van der Waals surface area contributed by atoms with Crippen LogP contribution in [0.4, 0.5) is 5.69 Å². The number of aromatic nitrogens is 3. The average molecular weight is 543 g/mol. The molecule has 0 unspecified atom stereocenters. The number of nitrogens with zero attached hydrogens (tertiary/aromatic N) is 3. The molecular weight excluding hydrogens is 514 g/mol. The lowest BCUT2D eigenvalue weighted by molar-refractivity contribution is -0.113. The third kappa shape index (κ3) is 6.80. The molecule has 7 nitrogen and oxygen atoms in total. The Bertz CT molecular complexity index is 1190. The van der Waals surface area contributed by atoms with E-state index in [0.29, 0.717) is 23.1 Å². The van der Waals surface area contributed by atoms with Crippen LogP contribution in [0.25, 0.3) is 0 Å². The lowest BCUT2D eigenvalue weighted by Gasteiger charge is -2.14. The molecule has 2 aromatic carbocycles. The van der Waals surface area contributed by atoms with E-state index in [1.165, 1.54) is 11.8 Å². The predicted octanol–water partition coefficient (Wildman–Crippen LogP) is 5.32. The quantitative estimate of drug-likeness (QED) is 0.268. The molecule has 3 rings (SSSR count). The maximum atomic E-state index is 12.6. The lowest BCUT2D eigenvalue weighted by atomic mass is 10.0. The number of anilines is 1. The van der Waals surface area contributed by atoms with Crippen LogP contribution in [0, 0.1) is 6.92 Å². The highest BCUT2D eigenvalue weighted by atomic mass is 79.9. The molecule has 2 amide bonds. The van der Waals surface area contributed by atoms with Crippen LogP contribution in [-0.2, 0) is 17.9 Å². The summed E-state index contributed by atoms with van der Waals surface area (Å²) in [6.45, 7) is 10.6. The highest BCUT2D eigenvalue weighted by Gasteiger charge is 2.16. The number of aryl methyl sites for hydroxylation is 1. The Kier molecular flexibility index (Phi) is 9.06. The highest BCUT2D eigenvalue weighted by molar-refractivity contribution is 9.10. The second kappa shape index (κ2) is 12.0. The van der Waals surface area contributed by atoms with E-state index < -0.39 is 0 Å². The summed E-state index contributed by atoms with van der Waals surface area (Å²) in [6.07, 6.45) is 1.73. The summed E-state index contributed by atoms with van der Waals surface area (Å²) in [6, 6.07) is 13.2. The molecule has 0 atom stereocenters. The molecule has 1 heterocycles. The van der Waals surface area contributed by atoms with Gasteiger partial charge in [-0.05, 0) is 48.7 Å². The Hall–Kier alpha value is -2.91. The molecule has 0 radical (unpaired) electrons. The molecular formula is C25H28BrN5O2S. The first kappa shape index (κ1) is 25.7. The fourth-order valence-electron chi connectivity index (χ4n) is 3.36. The molecule has 9 heteroatoms. The molecule has 3 aromatic rings. The minimum absolute atomic E-state index is 0.128. The summed E-state index contributed by atoms with van der Waals surface area (Å²) in [5.41, 5.74) is 3.47. The van der Waals surface area contributed by atoms with E-state index in [2.05, 4.69) is 57.2 Å². The SMILES string of the molecule is C=CCn1c(CNC(=O)c2cccc(C)c2)nnc1SCC(=O)Nc1ccc(Br)cc1C(C)C. The predicted molar refractivity (Wildman–Crippen MR) is 140 cm³/mol. The second-order valence-corrected chi connectivity index (χ2v) is 9.93. The molecule has 0 saturated carbocycles. The fourth-order valence-corrected chi connectivity index (χ4v) is 4.50. The molecule has 0 aliphatic rings. The number of carbonyl (C=O) groups excluding carboxylic acids is 2. The number of rotatable bonds is 10. The number of hydrogen-bond donors (Lipinski definition) is 2. The van der Waals surface area contributed by atoms with Crippen LogP contribution < -0.4 is 10.6 Å². The number of allylic oxidation sites excluding steroid dienone is 1. The van der Waals surface area contributed by atoms with Crippen molar-refractivity contribution in [3.8, 4) is 0 Å².